The lowest BCUT2D eigenvalue weighted by atomic mass is 10.0. The summed E-state index contributed by atoms with van der Waals surface area (Å²) in [5.74, 6) is 0.270. The highest BCUT2D eigenvalue weighted by Gasteiger charge is 2.21. The predicted octanol–water partition coefficient (Wildman–Crippen LogP) is 3.75. The molecule has 4 heterocycles. The highest BCUT2D eigenvalue weighted by molar-refractivity contribution is 5.75. The first kappa shape index (κ1) is 25.9. The SMILES string of the molecule is Cc1ccc(CCC(=O)ON(Cc2ccc([C@@H]3CNc4cc(-c5cnn(C)c5)cnc4N3)cc2)OC=O)cn1. The van der Waals surface area contributed by atoms with E-state index >= 15 is 0 Å². The summed E-state index contributed by atoms with van der Waals surface area (Å²) in [4.78, 5) is 42.2. The number of aromatic nitrogens is 4. The van der Waals surface area contributed by atoms with Crippen LogP contribution in [0.2, 0.25) is 0 Å². The Morgan fingerprint density at radius 2 is 1.92 bits per heavy atom. The minimum atomic E-state index is -0.510. The number of nitrogens with one attached hydrogen (secondary N) is 2. The second-order valence-corrected chi connectivity index (χ2v) is 9.31. The third kappa shape index (κ3) is 6.57. The van der Waals surface area contributed by atoms with Crippen molar-refractivity contribution in [1.29, 1.82) is 0 Å². The van der Waals surface area contributed by atoms with Gasteiger partial charge < -0.3 is 20.3 Å². The van der Waals surface area contributed by atoms with Crippen LogP contribution in [-0.4, -0.2) is 44.0 Å². The summed E-state index contributed by atoms with van der Waals surface area (Å²) in [6.45, 7) is 2.90. The van der Waals surface area contributed by atoms with E-state index in [9.17, 15) is 9.59 Å². The van der Waals surface area contributed by atoms with Gasteiger partial charge in [0.25, 0.3) is 0 Å². The van der Waals surface area contributed by atoms with Gasteiger partial charge in [0.2, 0.25) is 0 Å². The molecule has 2 N–H and O–H groups in total. The van der Waals surface area contributed by atoms with Gasteiger partial charge in [-0.05, 0) is 42.2 Å². The van der Waals surface area contributed by atoms with Gasteiger partial charge in [-0.3, -0.25) is 19.3 Å². The number of carbonyl (C=O) groups is 2. The predicted molar refractivity (Wildman–Crippen MR) is 144 cm³/mol. The van der Waals surface area contributed by atoms with Gasteiger partial charge in [-0.1, -0.05) is 30.3 Å². The first-order chi connectivity index (χ1) is 19.0. The maximum absolute atomic E-state index is 12.3. The van der Waals surface area contributed by atoms with E-state index in [0.717, 1.165) is 50.2 Å². The number of hydrogen-bond donors (Lipinski definition) is 2. The summed E-state index contributed by atoms with van der Waals surface area (Å²) in [7, 11) is 1.89. The monoisotopic (exact) mass is 527 g/mol. The second kappa shape index (κ2) is 11.7. The molecule has 11 nitrogen and oxygen atoms in total. The molecule has 0 radical (unpaired) electrons. The van der Waals surface area contributed by atoms with Gasteiger partial charge >= 0.3 is 12.4 Å². The molecule has 0 unspecified atom stereocenters. The van der Waals surface area contributed by atoms with Gasteiger partial charge in [0.1, 0.15) is 5.82 Å². The molecule has 1 atom stereocenters. The molecule has 3 aromatic heterocycles. The molecule has 11 heteroatoms. The molecule has 200 valence electrons. The minimum absolute atomic E-state index is 0.0136. The van der Waals surface area contributed by atoms with Gasteiger partial charge in [-0.15, -0.1) is 0 Å². The van der Waals surface area contributed by atoms with E-state index in [2.05, 4.69) is 31.8 Å². The Kier molecular flexibility index (Phi) is 7.78. The van der Waals surface area contributed by atoms with Gasteiger partial charge in [0.05, 0.1) is 30.9 Å². The molecular formula is C28H29N7O4. The van der Waals surface area contributed by atoms with Crippen LogP contribution in [-0.2, 0) is 39.3 Å². The maximum atomic E-state index is 12.3. The Labute approximate surface area is 225 Å². The molecule has 0 saturated heterocycles. The zero-order chi connectivity index (χ0) is 27.2. The fourth-order valence-corrected chi connectivity index (χ4v) is 4.27. The van der Waals surface area contributed by atoms with Gasteiger partial charge in [0, 0.05) is 54.2 Å². The number of benzene rings is 1. The topological polar surface area (TPSA) is 124 Å². The van der Waals surface area contributed by atoms with Crippen LogP contribution in [0.5, 0.6) is 0 Å². The number of carbonyl (C=O) groups excluding carboxylic acids is 2. The smallest absolute Gasteiger partial charge is 0.329 e. The summed E-state index contributed by atoms with van der Waals surface area (Å²) in [5, 5.41) is 12.1. The first-order valence-electron chi connectivity index (χ1n) is 12.6. The van der Waals surface area contributed by atoms with Crippen molar-refractivity contribution < 1.29 is 19.3 Å². The van der Waals surface area contributed by atoms with Crippen LogP contribution < -0.4 is 10.6 Å². The number of hydrogen-bond acceptors (Lipinski definition) is 10. The standard InChI is InChI=1S/C28H29N7O4/c1-19-3-4-20(12-29-19)7-10-27(37)39-35(38-18-36)16-21-5-8-22(9-6-21)26-15-30-25-11-23(13-31-28(25)33-26)24-14-32-34(2)17-24/h3-6,8-9,11-14,17-18,26,30H,7,10,15-16H2,1-2H3,(H,31,33)/t26-/m0/s1. The molecule has 0 saturated carbocycles. The van der Waals surface area contributed by atoms with E-state index in [1.165, 1.54) is 0 Å². The van der Waals surface area contributed by atoms with Crippen LogP contribution >= 0.6 is 0 Å². The van der Waals surface area contributed by atoms with E-state index in [0.29, 0.717) is 13.0 Å². The van der Waals surface area contributed by atoms with Crippen molar-refractivity contribution in [2.24, 2.45) is 7.05 Å². The third-order valence-corrected chi connectivity index (χ3v) is 6.38. The summed E-state index contributed by atoms with van der Waals surface area (Å²) < 4.78 is 1.76. The molecular weight excluding hydrogens is 498 g/mol. The molecule has 0 fully saturated rings. The highest BCUT2D eigenvalue weighted by Crippen LogP contribution is 2.33. The largest absolute Gasteiger partial charge is 0.380 e. The summed E-state index contributed by atoms with van der Waals surface area (Å²) in [5.41, 5.74) is 6.63. The minimum Gasteiger partial charge on any atom is -0.380 e. The number of pyridine rings is 2. The number of anilines is 2. The van der Waals surface area contributed by atoms with Crippen LogP contribution in [0.1, 0.15) is 34.8 Å². The molecule has 0 aliphatic carbocycles. The van der Waals surface area contributed by atoms with Crippen LogP contribution in [0.4, 0.5) is 11.5 Å². The van der Waals surface area contributed by atoms with E-state index < -0.39 is 5.97 Å². The van der Waals surface area contributed by atoms with Crippen molar-refractivity contribution >= 4 is 23.9 Å². The van der Waals surface area contributed by atoms with E-state index in [1.807, 2.05) is 69.0 Å². The van der Waals surface area contributed by atoms with E-state index in [1.54, 1.807) is 10.9 Å². The molecule has 39 heavy (non-hydrogen) atoms. The maximum Gasteiger partial charge on any atom is 0.329 e. The van der Waals surface area contributed by atoms with Crippen LogP contribution in [0.25, 0.3) is 11.1 Å². The normalized spacial score (nSPS) is 14.2. The lowest BCUT2D eigenvalue weighted by Crippen LogP contribution is -2.28. The molecule has 4 aromatic rings. The van der Waals surface area contributed by atoms with Gasteiger partial charge in [-0.25, -0.2) is 4.98 Å². The lowest BCUT2D eigenvalue weighted by Gasteiger charge is -2.28. The zero-order valence-electron chi connectivity index (χ0n) is 21.7. The van der Waals surface area contributed by atoms with Crippen LogP contribution in [0, 0.1) is 6.92 Å². The number of aryl methyl sites for hydroxylation is 3. The second-order valence-electron chi connectivity index (χ2n) is 9.31. The van der Waals surface area contributed by atoms with Crippen molar-refractivity contribution in [3.8, 4) is 11.1 Å². The molecule has 5 rings (SSSR count). The lowest BCUT2D eigenvalue weighted by molar-refractivity contribution is -0.324. The van der Waals surface area contributed by atoms with E-state index in [-0.39, 0.29) is 25.5 Å². The Bertz CT molecular complexity index is 1440. The van der Waals surface area contributed by atoms with Crippen molar-refractivity contribution in [2.45, 2.75) is 32.4 Å². The fraction of sp³-hybridized carbons (Fsp3) is 0.250. The molecule has 0 spiro atoms. The van der Waals surface area contributed by atoms with Crippen molar-refractivity contribution in [3.63, 3.8) is 0 Å². The summed E-state index contributed by atoms with van der Waals surface area (Å²) in [6.07, 6.45) is 7.93. The Balaban J connectivity index is 1.16. The molecule has 1 aromatic carbocycles. The third-order valence-electron chi connectivity index (χ3n) is 6.38. The molecule has 0 bridgehead atoms. The van der Waals surface area contributed by atoms with Gasteiger partial charge in [-0.2, -0.15) is 5.10 Å². The Hall–Kier alpha value is -4.77. The average Bonchev–Trinajstić information content (AvgIpc) is 3.39. The number of hydroxylamine groups is 2. The summed E-state index contributed by atoms with van der Waals surface area (Å²) >= 11 is 0. The first-order valence-corrected chi connectivity index (χ1v) is 12.6. The fourth-order valence-electron chi connectivity index (χ4n) is 4.27. The number of fused-ring (bicyclic) bond motifs is 1. The average molecular weight is 528 g/mol. The molecule has 0 amide bonds. The highest BCUT2D eigenvalue weighted by atomic mass is 17.0. The van der Waals surface area contributed by atoms with Gasteiger partial charge in [0.15, 0.2) is 0 Å². The number of nitrogens with zero attached hydrogens (tertiary/aromatic N) is 5. The molecule has 1 aliphatic heterocycles. The quantitative estimate of drug-likeness (QED) is 0.233. The van der Waals surface area contributed by atoms with Crippen LogP contribution in [0.15, 0.2) is 67.3 Å². The number of rotatable bonds is 10. The zero-order valence-corrected chi connectivity index (χ0v) is 21.7. The molecule has 1 aliphatic rings. The van der Waals surface area contributed by atoms with E-state index in [4.69, 9.17) is 9.68 Å². The Morgan fingerprint density at radius 1 is 1.10 bits per heavy atom. The van der Waals surface area contributed by atoms with Crippen molar-refractivity contribution in [2.75, 3.05) is 17.2 Å². The van der Waals surface area contributed by atoms with Crippen molar-refractivity contribution in [3.05, 3.63) is 89.6 Å². The summed E-state index contributed by atoms with van der Waals surface area (Å²) in [6, 6.07) is 13.6. The van der Waals surface area contributed by atoms with Crippen LogP contribution in [0.3, 0.4) is 0 Å². The van der Waals surface area contributed by atoms with Crippen molar-refractivity contribution in [1.82, 2.24) is 25.0 Å². The Morgan fingerprint density at radius 3 is 2.64 bits per heavy atom.